The second-order valence-corrected chi connectivity index (χ2v) is 36.6. The van der Waals surface area contributed by atoms with Gasteiger partial charge in [0, 0.05) is 97.9 Å². The van der Waals surface area contributed by atoms with Crippen LogP contribution in [0.5, 0.6) is 0 Å². The van der Waals surface area contributed by atoms with Crippen LogP contribution >= 0.6 is 0 Å². The van der Waals surface area contributed by atoms with Crippen molar-refractivity contribution in [2.24, 2.45) is 0 Å². The minimum Gasteiger partial charge on any atom is -0.309 e. The molecule has 15 heteroatoms. The summed E-state index contributed by atoms with van der Waals surface area (Å²) in [7, 11) is 0. The van der Waals surface area contributed by atoms with Crippen LogP contribution in [0.25, 0.3) is 254 Å². The lowest BCUT2D eigenvalue weighted by Gasteiger charge is -2.10. The second-order valence-electron chi connectivity index (χ2n) is 36.6. The van der Waals surface area contributed by atoms with Crippen molar-refractivity contribution in [2.75, 3.05) is 0 Å². The van der Waals surface area contributed by atoms with Crippen molar-refractivity contribution in [3.05, 3.63) is 490 Å². The Balaban J connectivity index is 0.000000109. The SMILES string of the molecule is N#Cc1cc(-n2c3ccc(-c4ccc5c(c4)c4ccccc4n5-c4ccccc4)cc3c3c(-c4ccccc4)cccc32)nc2ccccc12.N#Cc1ccc(-n2c3ccccc3c3cc(-c4ccc5c(c4)c4ccccc4n5-c4nc(C#N)c5ccccc5n4)ccc32)cc1.N#Cc1nc(-n2c3ccc(-c4ccc5c(c4)c4ccccc4n5-c4ccccc4)cc3c3c(-c4ccccc4)cccc32)nc2ccccc12. The molecular weight excluding hydrogens is 1780 g/mol. The van der Waals surface area contributed by atoms with E-state index < -0.39 is 0 Å². The van der Waals surface area contributed by atoms with Crippen molar-refractivity contribution in [3.8, 4) is 115 Å². The van der Waals surface area contributed by atoms with Gasteiger partial charge in [-0.05, 0) is 250 Å². The summed E-state index contributed by atoms with van der Waals surface area (Å²) in [6.45, 7) is 0. The molecule has 0 aliphatic carbocycles. The summed E-state index contributed by atoms with van der Waals surface area (Å²) < 4.78 is 13.3. The molecule has 0 saturated carbocycles. The lowest BCUT2D eigenvalue weighted by atomic mass is 9.97. The normalized spacial score (nSPS) is 11.5. The van der Waals surface area contributed by atoms with Crippen molar-refractivity contribution >= 4 is 164 Å². The van der Waals surface area contributed by atoms with Gasteiger partial charge in [0.2, 0.25) is 11.9 Å². The van der Waals surface area contributed by atoms with Crippen LogP contribution < -0.4 is 0 Å². The standard InChI is InChI=1S/C46H28N4.C45H27N5.C40H22N6/c47-29-33-28-45(48-40-19-9-7-16-35(33)40)50-43-25-23-32(27-39(43)46-36(18-11-21-44(46)50)30-12-3-1-4-13-30)31-22-24-42-38(26-31)37-17-8-10-20-41(37)49(42)34-14-5-2-6-15-34;46-28-39-35-17-7-9-19-38(35)47-45(48-39)50-42-25-23-31(27-37(42)44-33(18-11-21-43(44)50)29-12-3-1-4-13-29)30-22-24-41-36(26-30)34-16-8-10-20-40(34)49(41)32-14-5-2-6-15-32;41-23-25-13-17-28(18-14-25)45-36-11-5-2-7-29(36)32-21-26(15-19-38(32)45)27-16-20-39-33(22-27)30-8-3-6-12-37(30)46(39)40-43-34-10-4-1-9-31(34)35(24-42)44-40/h1-28H;1-27H;1-22H. The van der Waals surface area contributed by atoms with Crippen LogP contribution in [0.3, 0.4) is 0 Å². The van der Waals surface area contributed by atoms with E-state index in [2.05, 4.69) is 397 Å². The molecule has 676 valence electrons. The van der Waals surface area contributed by atoms with Crippen LogP contribution in [0.2, 0.25) is 0 Å². The number of para-hydroxylation sites is 9. The Morgan fingerprint density at radius 3 is 0.842 bits per heavy atom. The smallest absolute Gasteiger partial charge is 0.236 e. The third-order valence-electron chi connectivity index (χ3n) is 28.6. The van der Waals surface area contributed by atoms with Crippen LogP contribution in [-0.2, 0) is 0 Å². The highest BCUT2D eigenvalue weighted by Crippen LogP contribution is 2.47. The molecule has 0 atom stereocenters. The highest BCUT2D eigenvalue weighted by Gasteiger charge is 2.27. The highest BCUT2D eigenvalue weighted by molar-refractivity contribution is 6.21. The molecular formula is C131H77N15. The van der Waals surface area contributed by atoms with E-state index in [0.29, 0.717) is 34.4 Å². The van der Waals surface area contributed by atoms with Gasteiger partial charge in [-0.1, -0.05) is 273 Å². The van der Waals surface area contributed by atoms with Gasteiger partial charge in [-0.2, -0.15) is 21.0 Å². The summed E-state index contributed by atoms with van der Waals surface area (Å²) >= 11 is 0. The van der Waals surface area contributed by atoms with E-state index in [9.17, 15) is 21.0 Å². The molecule has 0 aliphatic rings. The van der Waals surface area contributed by atoms with Crippen molar-refractivity contribution in [3.63, 3.8) is 0 Å². The number of nitrogens with zero attached hydrogens (tertiary/aromatic N) is 15. The van der Waals surface area contributed by atoms with Gasteiger partial charge in [-0.25, -0.2) is 24.9 Å². The minimum absolute atomic E-state index is 0.358. The predicted molar refractivity (Wildman–Crippen MR) is 593 cm³/mol. The zero-order valence-corrected chi connectivity index (χ0v) is 78.2. The first-order valence-electron chi connectivity index (χ1n) is 48.4. The Labute approximate surface area is 835 Å². The number of fused-ring (bicyclic) bond motifs is 21. The summed E-state index contributed by atoms with van der Waals surface area (Å²) in [4.78, 5) is 24.5. The molecule has 146 heavy (non-hydrogen) atoms. The number of rotatable bonds is 11. The van der Waals surface area contributed by atoms with E-state index in [1.807, 2.05) is 121 Å². The molecule has 0 radical (unpaired) electrons. The molecule has 0 fully saturated rings. The molecule has 0 amide bonds. The monoisotopic (exact) mass is 1860 g/mol. The van der Waals surface area contributed by atoms with Crippen LogP contribution in [0.1, 0.15) is 22.5 Å². The van der Waals surface area contributed by atoms with Crippen molar-refractivity contribution in [1.82, 2.24) is 52.3 Å². The van der Waals surface area contributed by atoms with Crippen molar-refractivity contribution < 1.29 is 0 Å². The number of benzene rings is 20. The molecule has 15 nitrogen and oxygen atoms in total. The highest BCUT2D eigenvalue weighted by atomic mass is 15.2. The Bertz CT molecular complexity index is 10200. The zero-order chi connectivity index (χ0) is 97.1. The van der Waals surface area contributed by atoms with Crippen LogP contribution in [0, 0.1) is 45.3 Å². The van der Waals surface area contributed by atoms with Crippen molar-refractivity contribution in [2.45, 2.75) is 0 Å². The first-order chi connectivity index (χ1) is 72.2. The summed E-state index contributed by atoms with van der Waals surface area (Å²) in [5, 5.41) is 55.7. The molecule has 0 N–H and O–H groups in total. The molecule has 0 spiro atoms. The van der Waals surface area contributed by atoms with Gasteiger partial charge in [0.05, 0.1) is 106 Å². The largest absolute Gasteiger partial charge is 0.309 e. The third kappa shape index (κ3) is 13.9. The average molecular weight is 1860 g/mol. The number of hydrogen-bond donors (Lipinski definition) is 0. The maximum absolute atomic E-state index is 10.2. The maximum atomic E-state index is 10.2. The van der Waals surface area contributed by atoms with E-state index in [0.717, 1.165) is 193 Å². The number of nitriles is 4. The van der Waals surface area contributed by atoms with Gasteiger partial charge in [0.1, 0.15) is 18.0 Å². The van der Waals surface area contributed by atoms with Gasteiger partial charge in [0.15, 0.2) is 11.4 Å². The summed E-state index contributed by atoms with van der Waals surface area (Å²) in [6, 6.07) is 171. The molecule has 9 heterocycles. The predicted octanol–water partition coefficient (Wildman–Crippen LogP) is 31.9. The quantitative estimate of drug-likeness (QED) is 0.121. The molecule has 0 saturated heterocycles. The van der Waals surface area contributed by atoms with Gasteiger partial charge >= 0.3 is 0 Å². The Morgan fingerprint density at radius 1 is 0.171 bits per heavy atom. The number of aromatic nitrogens is 11. The van der Waals surface area contributed by atoms with E-state index in [1.165, 1.54) is 49.0 Å². The molecule has 29 aromatic rings. The Hall–Kier alpha value is -20.7. The fourth-order valence-corrected chi connectivity index (χ4v) is 22.0. The maximum Gasteiger partial charge on any atom is 0.236 e. The van der Waals surface area contributed by atoms with E-state index in [1.54, 1.807) is 0 Å². The lowest BCUT2D eigenvalue weighted by Crippen LogP contribution is -2.03. The van der Waals surface area contributed by atoms with Gasteiger partial charge in [0.25, 0.3) is 0 Å². The topological polar surface area (TPSA) is 189 Å². The molecule has 20 aromatic carbocycles. The Morgan fingerprint density at radius 2 is 0.459 bits per heavy atom. The molecule has 0 unspecified atom stereocenters. The van der Waals surface area contributed by atoms with Crippen LogP contribution in [0.4, 0.5) is 0 Å². The first kappa shape index (κ1) is 84.5. The molecule has 0 aliphatic heterocycles. The lowest BCUT2D eigenvalue weighted by molar-refractivity contribution is 1.00. The van der Waals surface area contributed by atoms with Crippen LogP contribution in [-0.4, -0.2) is 52.3 Å². The van der Waals surface area contributed by atoms with E-state index in [-0.39, 0.29) is 0 Å². The summed E-state index contributed by atoms with van der Waals surface area (Å²) in [5.41, 5.74) is 31.9. The van der Waals surface area contributed by atoms with Crippen LogP contribution in [0.15, 0.2) is 467 Å². The fraction of sp³-hybridized carbons (Fsp3) is 0. The summed E-state index contributed by atoms with van der Waals surface area (Å²) in [6.07, 6.45) is 0. The fourth-order valence-electron chi connectivity index (χ4n) is 22.0. The second kappa shape index (κ2) is 34.7. The van der Waals surface area contributed by atoms with Crippen molar-refractivity contribution in [1.29, 1.82) is 21.0 Å². The van der Waals surface area contributed by atoms with Gasteiger partial charge in [-0.3, -0.25) is 13.7 Å². The first-order valence-corrected chi connectivity index (χ1v) is 48.4. The zero-order valence-electron chi connectivity index (χ0n) is 78.2. The minimum atomic E-state index is 0.358. The molecule has 9 aromatic heterocycles. The van der Waals surface area contributed by atoms with E-state index >= 15 is 0 Å². The van der Waals surface area contributed by atoms with Gasteiger partial charge in [-0.15, -0.1) is 0 Å². The third-order valence-corrected chi connectivity index (χ3v) is 28.6. The van der Waals surface area contributed by atoms with Gasteiger partial charge < -0.3 is 13.7 Å². The average Bonchev–Trinajstić information content (AvgIpc) is 1.57. The summed E-state index contributed by atoms with van der Waals surface area (Å²) in [5.74, 6) is 1.69. The molecule has 29 rings (SSSR count). The number of pyridine rings is 1. The molecule has 0 bridgehead atoms. The Kier molecular flexibility index (Phi) is 20.1. The number of hydrogen-bond acceptors (Lipinski definition) is 9. The van der Waals surface area contributed by atoms with E-state index in [4.69, 9.17) is 24.9 Å².